The van der Waals surface area contributed by atoms with Crippen LogP contribution in [0.3, 0.4) is 0 Å². The molecule has 0 radical (unpaired) electrons. The predicted octanol–water partition coefficient (Wildman–Crippen LogP) is 3.73. The van der Waals surface area contributed by atoms with Crippen LogP contribution in [-0.2, 0) is 16.9 Å². The largest absolute Gasteiger partial charge is 0.450 e. The minimum absolute atomic E-state index is 0.0499. The van der Waals surface area contributed by atoms with E-state index < -0.39 is 16.9 Å². The van der Waals surface area contributed by atoms with Crippen LogP contribution in [0.5, 0.6) is 0 Å². The minimum Gasteiger partial charge on any atom is -0.450 e. The van der Waals surface area contributed by atoms with Gasteiger partial charge in [-0.1, -0.05) is 54.6 Å². The smallest absolute Gasteiger partial charge is 0.291 e. The summed E-state index contributed by atoms with van der Waals surface area (Å²) in [5.74, 6) is -1.01. The monoisotopic (exact) mass is 480 g/mol. The molecule has 36 heavy (non-hydrogen) atoms. The number of aliphatic hydroxyl groups is 1. The number of hydrogen-bond acceptors (Lipinski definition) is 5. The van der Waals surface area contributed by atoms with Crippen LogP contribution in [0, 0.1) is 6.92 Å². The Kier molecular flexibility index (Phi) is 5.05. The molecule has 1 aromatic heterocycles. The lowest BCUT2D eigenvalue weighted by Gasteiger charge is -2.34. The fourth-order valence-electron chi connectivity index (χ4n) is 5.58. The molecule has 2 aliphatic rings. The average Bonchev–Trinajstić information content (AvgIpc) is 3.29. The van der Waals surface area contributed by atoms with Crippen molar-refractivity contribution in [3.63, 3.8) is 0 Å². The third-order valence-corrected chi connectivity index (χ3v) is 7.27. The summed E-state index contributed by atoms with van der Waals surface area (Å²) in [6.07, 6.45) is 0.252. The number of amides is 2. The maximum Gasteiger partial charge on any atom is 0.291 e. The van der Waals surface area contributed by atoms with Crippen LogP contribution in [-0.4, -0.2) is 35.0 Å². The third-order valence-electron chi connectivity index (χ3n) is 7.27. The maximum atomic E-state index is 14.6. The molecule has 1 N–H and O–H groups in total. The molecule has 3 heterocycles. The van der Waals surface area contributed by atoms with Gasteiger partial charge in [0.25, 0.3) is 11.8 Å². The number of hydrogen-bond donors (Lipinski definition) is 1. The van der Waals surface area contributed by atoms with E-state index in [0.717, 1.165) is 11.1 Å². The number of anilines is 1. The highest BCUT2D eigenvalue weighted by molar-refractivity contribution is 6.17. The molecule has 180 valence electrons. The van der Waals surface area contributed by atoms with E-state index in [9.17, 15) is 19.5 Å². The molecular formula is C29H24N2O5. The number of benzene rings is 3. The van der Waals surface area contributed by atoms with Crippen LogP contribution >= 0.6 is 0 Å². The molecule has 6 rings (SSSR count). The quantitative estimate of drug-likeness (QED) is 0.470. The predicted molar refractivity (Wildman–Crippen MR) is 135 cm³/mol. The molecule has 7 nitrogen and oxygen atoms in total. The molecule has 1 atom stereocenters. The number of fused-ring (bicyclic) bond motifs is 5. The van der Waals surface area contributed by atoms with Crippen molar-refractivity contribution in [1.29, 1.82) is 0 Å². The Hall–Kier alpha value is -4.23. The molecule has 4 aromatic rings. The first-order valence-corrected chi connectivity index (χ1v) is 11.9. The first-order chi connectivity index (χ1) is 17.5. The molecule has 1 spiro atoms. The number of para-hydroxylation sites is 2. The summed E-state index contributed by atoms with van der Waals surface area (Å²) in [5.41, 5.74) is 1.50. The van der Waals surface area contributed by atoms with E-state index in [2.05, 4.69) is 0 Å². The van der Waals surface area contributed by atoms with Crippen LogP contribution in [0.15, 0.2) is 82.0 Å². The van der Waals surface area contributed by atoms with E-state index >= 15 is 0 Å². The Morgan fingerprint density at radius 2 is 1.64 bits per heavy atom. The third kappa shape index (κ3) is 2.86. The normalized spacial score (nSPS) is 18.4. The second-order valence-electron chi connectivity index (χ2n) is 9.21. The topological polar surface area (TPSA) is 91.1 Å². The van der Waals surface area contributed by atoms with Gasteiger partial charge in [-0.25, -0.2) is 0 Å². The Morgan fingerprint density at radius 3 is 2.44 bits per heavy atom. The van der Waals surface area contributed by atoms with Crippen molar-refractivity contribution in [2.45, 2.75) is 25.4 Å². The lowest BCUT2D eigenvalue weighted by molar-refractivity contribution is -0.126. The van der Waals surface area contributed by atoms with Crippen LogP contribution in [0.1, 0.15) is 39.2 Å². The molecule has 7 heteroatoms. The van der Waals surface area contributed by atoms with Gasteiger partial charge in [-0.3, -0.25) is 14.4 Å². The van der Waals surface area contributed by atoms with Crippen molar-refractivity contribution in [3.05, 3.63) is 111 Å². The summed E-state index contributed by atoms with van der Waals surface area (Å²) in [6, 6.07) is 21.9. The van der Waals surface area contributed by atoms with E-state index in [0.29, 0.717) is 28.8 Å². The number of rotatable bonds is 5. The molecule has 0 saturated heterocycles. The van der Waals surface area contributed by atoms with E-state index in [1.807, 2.05) is 43.3 Å². The van der Waals surface area contributed by atoms with Gasteiger partial charge in [0, 0.05) is 18.7 Å². The van der Waals surface area contributed by atoms with Crippen molar-refractivity contribution in [2.24, 2.45) is 0 Å². The van der Waals surface area contributed by atoms with Crippen molar-refractivity contribution in [3.8, 4) is 0 Å². The van der Waals surface area contributed by atoms with E-state index in [1.165, 1.54) is 4.90 Å². The standard InChI is InChI=1S/C29H24N2O5/c1-18-9-2-3-10-19(18)17-30-22-13-6-5-12-21(22)29(28(30)35)24-25(33)20-11-4-7-14-23(20)36-26(24)27(34)31(29)15-8-16-32/h2-7,9-14,32H,8,15-17H2,1H3. The highest BCUT2D eigenvalue weighted by atomic mass is 16.3. The van der Waals surface area contributed by atoms with Crippen LogP contribution in [0.25, 0.3) is 11.0 Å². The highest BCUT2D eigenvalue weighted by Gasteiger charge is 2.64. The first-order valence-electron chi connectivity index (χ1n) is 11.9. The minimum atomic E-state index is -1.66. The second kappa shape index (κ2) is 8.17. The lowest BCUT2D eigenvalue weighted by Crippen LogP contribution is -2.53. The fraction of sp³-hybridized carbons (Fsp3) is 0.207. The summed E-state index contributed by atoms with van der Waals surface area (Å²) in [7, 11) is 0. The summed E-state index contributed by atoms with van der Waals surface area (Å²) in [5, 5.41) is 9.90. The van der Waals surface area contributed by atoms with Gasteiger partial charge in [0.2, 0.25) is 5.76 Å². The van der Waals surface area contributed by atoms with Crippen molar-refractivity contribution in [2.75, 3.05) is 18.1 Å². The van der Waals surface area contributed by atoms with Crippen LogP contribution in [0.2, 0.25) is 0 Å². The Balaban J connectivity index is 1.65. The summed E-state index contributed by atoms with van der Waals surface area (Å²) in [4.78, 5) is 45.4. The highest BCUT2D eigenvalue weighted by Crippen LogP contribution is 2.52. The second-order valence-corrected chi connectivity index (χ2v) is 9.21. The van der Waals surface area contributed by atoms with Gasteiger partial charge in [-0.2, -0.15) is 0 Å². The zero-order valence-electron chi connectivity index (χ0n) is 19.7. The molecule has 2 amide bonds. The van der Waals surface area contributed by atoms with E-state index in [1.54, 1.807) is 41.3 Å². The van der Waals surface area contributed by atoms with Gasteiger partial charge in [0.15, 0.2) is 11.0 Å². The first kappa shape index (κ1) is 22.2. The molecule has 0 saturated carbocycles. The molecule has 0 bridgehead atoms. The van der Waals surface area contributed by atoms with Gasteiger partial charge < -0.3 is 19.3 Å². The summed E-state index contributed by atoms with van der Waals surface area (Å²) < 4.78 is 6.01. The molecule has 1 unspecified atom stereocenters. The average molecular weight is 481 g/mol. The van der Waals surface area contributed by atoms with Crippen molar-refractivity contribution in [1.82, 2.24) is 4.90 Å². The Bertz CT molecular complexity index is 1610. The van der Waals surface area contributed by atoms with Crippen molar-refractivity contribution < 1.29 is 19.1 Å². The summed E-state index contributed by atoms with van der Waals surface area (Å²) >= 11 is 0. The fourth-order valence-corrected chi connectivity index (χ4v) is 5.58. The Labute approximate surface area is 207 Å². The number of nitrogens with zero attached hydrogens (tertiary/aromatic N) is 2. The number of aliphatic hydroxyl groups excluding tert-OH is 1. The Morgan fingerprint density at radius 1 is 0.917 bits per heavy atom. The molecule has 0 fully saturated rings. The molecule has 0 aliphatic carbocycles. The van der Waals surface area contributed by atoms with E-state index in [-0.39, 0.29) is 36.8 Å². The van der Waals surface area contributed by atoms with Gasteiger partial charge in [-0.15, -0.1) is 0 Å². The maximum absolute atomic E-state index is 14.6. The zero-order valence-corrected chi connectivity index (χ0v) is 19.7. The molecule has 3 aromatic carbocycles. The summed E-state index contributed by atoms with van der Waals surface area (Å²) in [6.45, 7) is 2.21. The van der Waals surface area contributed by atoms with Gasteiger partial charge in [0.05, 0.1) is 23.2 Å². The van der Waals surface area contributed by atoms with Crippen LogP contribution in [0.4, 0.5) is 5.69 Å². The number of aryl methyl sites for hydroxylation is 1. The SMILES string of the molecule is Cc1ccccc1CN1C(=O)C2(c3ccccc31)c1c(oc3ccccc3c1=O)C(=O)N2CCCO. The zero-order chi connectivity index (χ0) is 25.0. The van der Waals surface area contributed by atoms with Gasteiger partial charge in [-0.05, 0) is 42.7 Å². The van der Waals surface area contributed by atoms with Crippen molar-refractivity contribution >= 4 is 28.5 Å². The molecular weight excluding hydrogens is 456 g/mol. The van der Waals surface area contributed by atoms with Gasteiger partial charge in [0.1, 0.15) is 5.58 Å². The van der Waals surface area contributed by atoms with Crippen LogP contribution < -0.4 is 10.3 Å². The molecule has 2 aliphatic heterocycles. The van der Waals surface area contributed by atoms with E-state index in [4.69, 9.17) is 4.42 Å². The van der Waals surface area contributed by atoms with Gasteiger partial charge >= 0.3 is 0 Å². The number of carbonyl (C=O) groups excluding carboxylic acids is 2. The number of carbonyl (C=O) groups is 2. The lowest BCUT2D eigenvalue weighted by atomic mass is 9.84.